The maximum Gasteiger partial charge on any atom is 0.227 e. The van der Waals surface area contributed by atoms with E-state index in [2.05, 4.69) is 10.5 Å². The highest BCUT2D eigenvalue weighted by Gasteiger charge is 2.21. The van der Waals surface area contributed by atoms with Crippen molar-refractivity contribution in [2.24, 2.45) is 11.1 Å². The Morgan fingerprint density at radius 3 is 2.42 bits per heavy atom. The van der Waals surface area contributed by atoms with Gasteiger partial charge in [0.05, 0.1) is 0 Å². The zero-order chi connectivity index (χ0) is 17.4. The molecule has 1 aromatic rings. The van der Waals surface area contributed by atoms with Crippen LogP contribution in [-0.4, -0.2) is 22.6 Å². The molecule has 0 heterocycles. The summed E-state index contributed by atoms with van der Waals surface area (Å²) in [6, 6.07) is 6.78. The summed E-state index contributed by atoms with van der Waals surface area (Å²) in [5.41, 5.74) is 1.34. The average Bonchev–Trinajstić information content (AvgIpc) is 2.63. The van der Waals surface area contributed by atoms with Crippen LogP contribution in [0.25, 0.3) is 0 Å². The third kappa shape index (κ3) is 4.91. The molecule has 0 spiro atoms. The van der Waals surface area contributed by atoms with E-state index in [1.165, 1.54) is 6.42 Å². The number of nitrogens with one attached hydrogen (secondary N) is 1. The molecular weight excluding hydrogens is 304 g/mol. The van der Waals surface area contributed by atoms with Crippen LogP contribution in [0.3, 0.4) is 0 Å². The molecule has 0 aliphatic heterocycles. The number of ketones is 1. The van der Waals surface area contributed by atoms with Gasteiger partial charge in [-0.15, -0.1) is 0 Å². The molecule has 1 aromatic carbocycles. The van der Waals surface area contributed by atoms with Crippen LogP contribution in [-0.2, 0) is 4.79 Å². The Balaban J connectivity index is 1.96. The number of benzene rings is 1. The van der Waals surface area contributed by atoms with E-state index < -0.39 is 0 Å². The molecule has 5 nitrogen and oxygen atoms in total. The third-order valence-corrected chi connectivity index (χ3v) is 4.54. The lowest BCUT2D eigenvalue weighted by molar-refractivity contribution is -0.120. The van der Waals surface area contributed by atoms with Crippen LogP contribution in [0.15, 0.2) is 29.4 Å². The van der Waals surface area contributed by atoms with Crippen molar-refractivity contribution in [3.05, 3.63) is 29.8 Å². The van der Waals surface area contributed by atoms with Crippen molar-refractivity contribution in [2.75, 3.05) is 5.32 Å². The fraction of sp³-hybridized carbons (Fsp3) is 0.526. The van der Waals surface area contributed by atoms with Crippen LogP contribution < -0.4 is 5.32 Å². The Morgan fingerprint density at radius 1 is 1.17 bits per heavy atom. The third-order valence-electron chi connectivity index (χ3n) is 4.54. The minimum Gasteiger partial charge on any atom is -0.411 e. The van der Waals surface area contributed by atoms with Crippen LogP contribution in [0.5, 0.6) is 0 Å². The molecule has 0 radical (unpaired) electrons. The van der Waals surface area contributed by atoms with Gasteiger partial charge in [0, 0.05) is 17.2 Å². The molecule has 1 amide bonds. The molecule has 1 fully saturated rings. The quantitative estimate of drug-likeness (QED) is 0.336. The van der Waals surface area contributed by atoms with Crippen LogP contribution >= 0.6 is 0 Å². The number of unbranched alkanes of at least 4 members (excludes halogenated alkanes) is 1. The van der Waals surface area contributed by atoms with Gasteiger partial charge >= 0.3 is 0 Å². The van der Waals surface area contributed by atoms with E-state index >= 15 is 0 Å². The van der Waals surface area contributed by atoms with Gasteiger partial charge < -0.3 is 10.5 Å². The van der Waals surface area contributed by atoms with Crippen molar-refractivity contribution in [1.29, 1.82) is 0 Å². The highest BCUT2D eigenvalue weighted by atomic mass is 16.4. The van der Waals surface area contributed by atoms with Crippen LogP contribution in [0, 0.1) is 5.92 Å². The maximum absolute atomic E-state index is 12.3. The molecule has 130 valence electrons. The van der Waals surface area contributed by atoms with Crippen molar-refractivity contribution in [3.63, 3.8) is 0 Å². The van der Waals surface area contributed by atoms with E-state index in [1.54, 1.807) is 24.3 Å². The molecule has 1 saturated carbocycles. The summed E-state index contributed by atoms with van der Waals surface area (Å²) in [7, 11) is 0. The minimum atomic E-state index is -0.267. The fourth-order valence-corrected chi connectivity index (χ4v) is 3.03. The first kappa shape index (κ1) is 18.2. The van der Waals surface area contributed by atoms with E-state index in [4.69, 9.17) is 5.21 Å². The fourth-order valence-electron chi connectivity index (χ4n) is 3.03. The van der Waals surface area contributed by atoms with Gasteiger partial charge in [0.2, 0.25) is 11.7 Å². The second-order valence-electron chi connectivity index (χ2n) is 6.38. The topological polar surface area (TPSA) is 78.8 Å². The zero-order valence-corrected chi connectivity index (χ0v) is 14.3. The average molecular weight is 330 g/mol. The molecule has 2 N–H and O–H groups in total. The number of anilines is 1. The summed E-state index contributed by atoms with van der Waals surface area (Å²) in [6.07, 6.45) is 7.56. The number of carbonyl (C=O) groups excluding carboxylic acids is 2. The summed E-state index contributed by atoms with van der Waals surface area (Å²) in [5, 5.41) is 15.1. The first-order chi connectivity index (χ1) is 11.7. The molecule has 0 atom stereocenters. The summed E-state index contributed by atoms with van der Waals surface area (Å²) in [6.45, 7) is 2.02. The van der Waals surface area contributed by atoms with Gasteiger partial charge in [0.1, 0.15) is 5.71 Å². The zero-order valence-electron chi connectivity index (χ0n) is 14.3. The molecule has 0 unspecified atom stereocenters. The molecule has 0 bridgehead atoms. The predicted molar refractivity (Wildman–Crippen MR) is 94.7 cm³/mol. The normalized spacial score (nSPS) is 16.0. The van der Waals surface area contributed by atoms with E-state index in [-0.39, 0.29) is 23.3 Å². The van der Waals surface area contributed by atoms with E-state index in [0.29, 0.717) is 17.7 Å². The number of Topliss-reactive ketones (excluding diaryl/α,β-unsaturated/α-hetero) is 1. The lowest BCUT2D eigenvalue weighted by Gasteiger charge is -2.20. The van der Waals surface area contributed by atoms with E-state index in [1.807, 2.05) is 6.92 Å². The molecule has 1 aliphatic carbocycles. The van der Waals surface area contributed by atoms with Crippen LogP contribution in [0.1, 0.15) is 68.6 Å². The lowest BCUT2D eigenvalue weighted by atomic mass is 9.88. The summed E-state index contributed by atoms with van der Waals surface area (Å²) >= 11 is 0. The Kier molecular flexibility index (Phi) is 6.97. The van der Waals surface area contributed by atoms with Gasteiger partial charge in [-0.05, 0) is 49.9 Å². The van der Waals surface area contributed by atoms with Crippen molar-refractivity contribution >= 4 is 23.1 Å². The van der Waals surface area contributed by atoms with E-state index in [0.717, 1.165) is 38.5 Å². The summed E-state index contributed by atoms with van der Waals surface area (Å²) in [5.74, 6) is -0.104. The van der Waals surface area contributed by atoms with Crippen molar-refractivity contribution in [2.45, 2.75) is 58.3 Å². The largest absolute Gasteiger partial charge is 0.411 e. The second kappa shape index (κ2) is 9.21. The monoisotopic (exact) mass is 330 g/mol. The predicted octanol–water partition coefficient (Wildman–Crippen LogP) is 4.41. The minimum absolute atomic E-state index is 0.0642. The second-order valence-corrected chi connectivity index (χ2v) is 6.38. The SMILES string of the molecule is CCCC/C(=N\O)C(=O)c1ccc(NC(=O)C2CCCCC2)cc1. The molecule has 0 aromatic heterocycles. The van der Waals surface area contributed by atoms with Gasteiger partial charge in [-0.1, -0.05) is 37.8 Å². The number of amides is 1. The van der Waals surface area contributed by atoms with E-state index in [9.17, 15) is 9.59 Å². The Bertz CT molecular complexity index is 587. The summed E-state index contributed by atoms with van der Waals surface area (Å²) in [4.78, 5) is 24.5. The first-order valence-corrected chi connectivity index (χ1v) is 8.82. The number of rotatable bonds is 7. The number of hydrogen-bond acceptors (Lipinski definition) is 4. The Hall–Kier alpha value is -2.17. The molecule has 2 rings (SSSR count). The number of nitrogens with zero attached hydrogens (tertiary/aromatic N) is 1. The van der Waals surface area contributed by atoms with Crippen molar-refractivity contribution in [3.8, 4) is 0 Å². The van der Waals surface area contributed by atoms with Gasteiger partial charge in [-0.2, -0.15) is 0 Å². The maximum atomic E-state index is 12.3. The molecule has 1 aliphatic rings. The highest BCUT2D eigenvalue weighted by Crippen LogP contribution is 2.25. The van der Waals surface area contributed by atoms with Gasteiger partial charge in [-0.3, -0.25) is 9.59 Å². The molecule has 24 heavy (non-hydrogen) atoms. The van der Waals surface area contributed by atoms with Gasteiger partial charge in [0.25, 0.3) is 0 Å². The van der Waals surface area contributed by atoms with Crippen molar-refractivity contribution < 1.29 is 14.8 Å². The summed E-state index contributed by atoms with van der Waals surface area (Å²) < 4.78 is 0. The Morgan fingerprint density at radius 2 is 1.83 bits per heavy atom. The lowest BCUT2D eigenvalue weighted by Crippen LogP contribution is -2.24. The van der Waals surface area contributed by atoms with Gasteiger partial charge in [-0.25, -0.2) is 0 Å². The smallest absolute Gasteiger partial charge is 0.227 e. The van der Waals surface area contributed by atoms with Crippen molar-refractivity contribution in [1.82, 2.24) is 0 Å². The first-order valence-electron chi connectivity index (χ1n) is 8.82. The number of hydrogen-bond donors (Lipinski definition) is 2. The van der Waals surface area contributed by atoms with Crippen LogP contribution in [0.4, 0.5) is 5.69 Å². The standard InChI is InChI=1S/C19H26N2O3/c1-2-3-9-17(21-24)18(22)14-10-12-16(13-11-14)20-19(23)15-7-5-4-6-8-15/h10-13,15,24H,2-9H2,1H3,(H,20,23)/b21-17+. The van der Waals surface area contributed by atoms with Gasteiger partial charge in [0.15, 0.2) is 0 Å². The molecular formula is C19H26N2O3. The molecule has 0 saturated heterocycles. The Labute approximate surface area is 143 Å². The van der Waals surface area contributed by atoms with Crippen LogP contribution in [0.2, 0.25) is 0 Å². The molecule has 5 heteroatoms. The highest BCUT2D eigenvalue weighted by molar-refractivity contribution is 6.45. The number of carbonyl (C=O) groups is 2. The number of oxime groups is 1.